The SMILES string of the molecule is Fc1c(NCc2c[c]ccc2)ncnc1N(Cc1cccc(OC(F)(F)F)c1)C1CC1. The lowest BCUT2D eigenvalue weighted by molar-refractivity contribution is -0.274. The maximum atomic E-state index is 15.2. The van der Waals surface area contributed by atoms with E-state index in [1.165, 1.54) is 24.5 Å². The van der Waals surface area contributed by atoms with E-state index in [4.69, 9.17) is 0 Å². The van der Waals surface area contributed by atoms with Crippen LogP contribution in [0.15, 0.2) is 54.9 Å². The Morgan fingerprint density at radius 1 is 1.13 bits per heavy atom. The Bertz CT molecular complexity index is 1030. The standard InChI is InChI=1S/C22H19F4N4O/c23-19-20(27-12-15-5-2-1-3-6-15)28-14-29-21(19)30(17-9-10-17)13-16-7-4-8-18(11-16)31-22(24,25)26/h1-2,4-8,11,14,17H,9-10,12-13H2,(H,27,28,29). The van der Waals surface area contributed by atoms with Gasteiger partial charge in [0, 0.05) is 19.1 Å². The third-order valence-electron chi connectivity index (χ3n) is 4.75. The number of benzene rings is 2. The number of ether oxygens (including phenoxy) is 1. The van der Waals surface area contributed by atoms with E-state index < -0.39 is 12.2 Å². The first-order chi connectivity index (χ1) is 14.9. The van der Waals surface area contributed by atoms with Crippen LogP contribution >= 0.6 is 0 Å². The van der Waals surface area contributed by atoms with Crippen LogP contribution in [0.4, 0.5) is 29.2 Å². The van der Waals surface area contributed by atoms with Gasteiger partial charge in [0.2, 0.25) is 5.82 Å². The number of alkyl halides is 3. The van der Waals surface area contributed by atoms with Gasteiger partial charge in [-0.05, 0) is 48.2 Å². The van der Waals surface area contributed by atoms with Gasteiger partial charge in [0.15, 0.2) is 11.6 Å². The van der Waals surface area contributed by atoms with E-state index in [0.717, 1.165) is 18.4 Å². The fourth-order valence-corrected chi connectivity index (χ4v) is 3.21. The Balaban J connectivity index is 1.53. The highest BCUT2D eigenvalue weighted by atomic mass is 19.4. The summed E-state index contributed by atoms with van der Waals surface area (Å²) in [7, 11) is 0. The lowest BCUT2D eigenvalue weighted by Gasteiger charge is -2.25. The molecule has 1 saturated carbocycles. The molecule has 0 bridgehead atoms. The zero-order valence-corrected chi connectivity index (χ0v) is 16.4. The summed E-state index contributed by atoms with van der Waals surface area (Å²) in [5.41, 5.74) is 1.48. The van der Waals surface area contributed by atoms with Gasteiger partial charge in [-0.3, -0.25) is 0 Å². The molecule has 161 valence electrons. The molecule has 31 heavy (non-hydrogen) atoms. The van der Waals surface area contributed by atoms with Crippen molar-refractivity contribution in [2.75, 3.05) is 10.2 Å². The lowest BCUT2D eigenvalue weighted by Crippen LogP contribution is -2.27. The van der Waals surface area contributed by atoms with E-state index in [0.29, 0.717) is 12.1 Å². The predicted octanol–water partition coefficient (Wildman–Crippen LogP) is 5.10. The van der Waals surface area contributed by atoms with Gasteiger partial charge >= 0.3 is 6.36 Å². The maximum Gasteiger partial charge on any atom is 0.573 e. The van der Waals surface area contributed by atoms with Crippen molar-refractivity contribution in [3.8, 4) is 5.75 Å². The van der Waals surface area contributed by atoms with E-state index in [-0.39, 0.29) is 30.0 Å². The molecular weight excluding hydrogens is 412 g/mol. The summed E-state index contributed by atoms with van der Waals surface area (Å²) in [6, 6.07) is 16.0. The van der Waals surface area contributed by atoms with Crippen LogP contribution in [-0.2, 0) is 13.1 Å². The third kappa shape index (κ3) is 5.62. The average molecular weight is 431 g/mol. The van der Waals surface area contributed by atoms with E-state index in [2.05, 4.69) is 26.1 Å². The monoisotopic (exact) mass is 431 g/mol. The molecule has 1 aliphatic carbocycles. The number of anilines is 2. The van der Waals surface area contributed by atoms with Crippen molar-refractivity contribution in [1.82, 2.24) is 9.97 Å². The minimum absolute atomic E-state index is 0.0631. The second kappa shape index (κ2) is 8.79. The van der Waals surface area contributed by atoms with Crippen molar-refractivity contribution < 1.29 is 22.3 Å². The van der Waals surface area contributed by atoms with Crippen molar-refractivity contribution in [3.63, 3.8) is 0 Å². The Hall–Kier alpha value is -3.36. The van der Waals surface area contributed by atoms with Crippen LogP contribution in [0.2, 0.25) is 0 Å². The minimum atomic E-state index is -4.77. The highest BCUT2D eigenvalue weighted by Gasteiger charge is 2.33. The van der Waals surface area contributed by atoms with Crippen molar-refractivity contribution in [1.29, 1.82) is 0 Å². The quantitative estimate of drug-likeness (QED) is 0.503. The summed E-state index contributed by atoms with van der Waals surface area (Å²) in [4.78, 5) is 9.87. The van der Waals surface area contributed by atoms with Crippen LogP contribution in [0.3, 0.4) is 0 Å². The maximum absolute atomic E-state index is 15.2. The molecule has 0 amide bonds. The number of hydrogen-bond donors (Lipinski definition) is 1. The van der Waals surface area contributed by atoms with Gasteiger partial charge in [-0.15, -0.1) is 13.2 Å². The van der Waals surface area contributed by atoms with E-state index >= 15 is 4.39 Å². The molecule has 1 N–H and O–H groups in total. The van der Waals surface area contributed by atoms with E-state index in [1.54, 1.807) is 23.1 Å². The number of rotatable bonds is 8. The smallest absolute Gasteiger partial charge is 0.406 e. The predicted molar refractivity (Wildman–Crippen MR) is 107 cm³/mol. The number of hydrogen-bond acceptors (Lipinski definition) is 5. The van der Waals surface area contributed by atoms with E-state index in [9.17, 15) is 13.2 Å². The number of halogens is 4. The first kappa shape index (κ1) is 20.9. The highest BCUT2D eigenvalue weighted by molar-refractivity contribution is 5.53. The van der Waals surface area contributed by atoms with Gasteiger partial charge in [-0.2, -0.15) is 4.39 Å². The second-order valence-electron chi connectivity index (χ2n) is 7.18. The molecule has 2 aromatic carbocycles. The van der Waals surface area contributed by atoms with Gasteiger partial charge < -0.3 is 15.0 Å². The molecule has 0 unspecified atom stereocenters. The summed E-state index contributed by atoms with van der Waals surface area (Å²) in [6.07, 6.45) is -1.79. The fourth-order valence-electron chi connectivity index (χ4n) is 3.21. The molecule has 3 aromatic rings. The zero-order valence-electron chi connectivity index (χ0n) is 16.4. The minimum Gasteiger partial charge on any atom is -0.406 e. The van der Waals surface area contributed by atoms with Crippen LogP contribution in [-0.4, -0.2) is 22.4 Å². The van der Waals surface area contributed by atoms with Gasteiger partial charge in [-0.25, -0.2) is 9.97 Å². The molecule has 1 aliphatic rings. The molecule has 4 rings (SSSR count). The van der Waals surface area contributed by atoms with Gasteiger partial charge in [0.1, 0.15) is 12.1 Å². The van der Waals surface area contributed by atoms with Crippen molar-refractivity contribution in [2.24, 2.45) is 0 Å². The zero-order chi connectivity index (χ0) is 21.8. The molecule has 9 heteroatoms. The van der Waals surface area contributed by atoms with Crippen LogP contribution in [0.5, 0.6) is 5.75 Å². The lowest BCUT2D eigenvalue weighted by atomic mass is 10.2. The Kier molecular flexibility index (Phi) is 5.92. The third-order valence-corrected chi connectivity index (χ3v) is 4.75. The fraction of sp³-hybridized carbons (Fsp3) is 0.273. The summed E-state index contributed by atoms with van der Waals surface area (Å²) in [6.45, 7) is 0.561. The number of aromatic nitrogens is 2. The Morgan fingerprint density at radius 3 is 2.65 bits per heavy atom. The molecule has 0 aliphatic heterocycles. The molecule has 1 aromatic heterocycles. The van der Waals surface area contributed by atoms with Gasteiger partial charge in [0.25, 0.3) is 0 Å². The van der Waals surface area contributed by atoms with Crippen LogP contribution in [0, 0.1) is 11.9 Å². The molecular formula is C22H19F4N4O. The van der Waals surface area contributed by atoms with Crippen LogP contribution < -0.4 is 15.0 Å². The van der Waals surface area contributed by atoms with Gasteiger partial charge in [0.05, 0.1) is 0 Å². The molecule has 0 atom stereocenters. The average Bonchev–Trinajstić information content (AvgIpc) is 3.57. The summed E-state index contributed by atoms with van der Waals surface area (Å²) >= 11 is 0. The molecule has 0 spiro atoms. The molecule has 1 fully saturated rings. The van der Waals surface area contributed by atoms with Crippen molar-refractivity contribution >= 4 is 11.6 Å². The highest BCUT2D eigenvalue weighted by Crippen LogP contribution is 2.35. The molecule has 1 radical (unpaired) electrons. The van der Waals surface area contributed by atoms with Gasteiger partial charge in [-0.1, -0.05) is 30.3 Å². The van der Waals surface area contributed by atoms with Crippen molar-refractivity contribution in [3.05, 3.63) is 77.9 Å². The molecule has 1 heterocycles. The summed E-state index contributed by atoms with van der Waals surface area (Å²) in [5, 5.41) is 2.96. The Labute approximate surface area is 176 Å². The topological polar surface area (TPSA) is 50.3 Å². The van der Waals surface area contributed by atoms with Crippen LogP contribution in [0.1, 0.15) is 24.0 Å². The van der Waals surface area contributed by atoms with Crippen LogP contribution in [0.25, 0.3) is 0 Å². The first-order valence-corrected chi connectivity index (χ1v) is 9.70. The normalized spacial score (nSPS) is 13.7. The molecule has 5 nitrogen and oxygen atoms in total. The Morgan fingerprint density at radius 2 is 1.94 bits per heavy atom. The first-order valence-electron chi connectivity index (χ1n) is 9.70. The van der Waals surface area contributed by atoms with Crippen molar-refractivity contribution in [2.45, 2.75) is 38.3 Å². The second-order valence-corrected chi connectivity index (χ2v) is 7.18. The number of nitrogens with one attached hydrogen (secondary N) is 1. The molecule has 0 saturated heterocycles. The van der Waals surface area contributed by atoms with E-state index in [1.807, 2.05) is 12.1 Å². The summed E-state index contributed by atoms with van der Waals surface area (Å²) < 4.78 is 56.8. The summed E-state index contributed by atoms with van der Waals surface area (Å²) in [5.74, 6) is -0.738. The number of nitrogens with zero attached hydrogens (tertiary/aromatic N) is 3. The largest absolute Gasteiger partial charge is 0.573 e.